The van der Waals surface area contributed by atoms with E-state index < -0.39 is 11.3 Å². The Kier molecular flexibility index (Phi) is 5.79. The zero-order valence-electron chi connectivity index (χ0n) is 15.7. The van der Waals surface area contributed by atoms with Gasteiger partial charge in [0.25, 0.3) is 11.8 Å². The van der Waals surface area contributed by atoms with Gasteiger partial charge < -0.3 is 15.2 Å². The minimum atomic E-state index is -0.478. The maximum Gasteiger partial charge on any atom is 0.256 e. The molecule has 0 spiro atoms. The standard InChI is InChI=1S/C20H29N3O3/c1-13(2)9-21-19(25)16-11-23(15-5-3-4-6-15)12-17(18(16)24)20(26)22-10-14-7-8-14/h11-15H,3-10H2,1-2H3,(H,21,25)(H,22,26). The van der Waals surface area contributed by atoms with E-state index in [4.69, 9.17) is 0 Å². The number of pyridine rings is 1. The lowest BCUT2D eigenvalue weighted by atomic mass is 10.1. The molecule has 2 amide bonds. The van der Waals surface area contributed by atoms with Gasteiger partial charge in [0.1, 0.15) is 11.1 Å². The largest absolute Gasteiger partial charge is 0.352 e. The lowest BCUT2D eigenvalue weighted by Crippen LogP contribution is -2.37. The fourth-order valence-corrected chi connectivity index (χ4v) is 3.38. The van der Waals surface area contributed by atoms with E-state index >= 15 is 0 Å². The summed E-state index contributed by atoms with van der Waals surface area (Å²) in [5.74, 6) is 0.0639. The molecule has 142 valence electrons. The van der Waals surface area contributed by atoms with Crippen molar-refractivity contribution in [1.82, 2.24) is 15.2 Å². The van der Waals surface area contributed by atoms with Crippen LogP contribution < -0.4 is 16.1 Å². The van der Waals surface area contributed by atoms with Crippen molar-refractivity contribution in [3.8, 4) is 0 Å². The summed E-state index contributed by atoms with van der Waals surface area (Å²) in [5, 5.41) is 5.65. The summed E-state index contributed by atoms with van der Waals surface area (Å²) in [6, 6.07) is 0.252. The van der Waals surface area contributed by atoms with Gasteiger partial charge >= 0.3 is 0 Å². The maximum absolute atomic E-state index is 12.8. The third kappa shape index (κ3) is 4.54. The summed E-state index contributed by atoms with van der Waals surface area (Å²) in [6.07, 6.45) is 9.82. The Bertz CT molecular complexity index is 686. The topological polar surface area (TPSA) is 80.2 Å². The zero-order chi connectivity index (χ0) is 18.7. The number of hydrogen-bond acceptors (Lipinski definition) is 3. The third-order valence-electron chi connectivity index (χ3n) is 5.20. The molecule has 2 fully saturated rings. The average molecular weight is 359 g/mol. The van der Waals surface area contributed by atoms with Crippen molar-refractivity contribution < 1.29 is 9.59 Å². The third-order valence-corrected chi connectivity index (χ3v) is 5.20. The lowest BCUT2D eigenvalue weighted by Gasteiger charge is -2.18. The Labute approximate surface area is 154 Å². The normalized spacial score (nSPS) is 17.5. The minimum absolute atomic E-state index is 0.0663. The molecule has 6 heteroatoms. The number of amides is 2. The van der Waals surface area contributed by atoms with Crippen LogP contribution in [0.1, 0.15) is 79.1 Å². The maximum atomic E-state index is 12.8. The number of nitrogens with zero attached hydrogens (tertiary/aromatic N) is 1. The van der Waals surface area contributed by atoms with Crippen molar-refractivity contribution in [2.75, 3.05) is 13.1 Å². The number of carbonyl (C=O) groups is 2. The highest BCUT2D eigenvalue weighted by atomic mass is 16.2. The molecule has 1 heterocycles. The molecule has 3 rings (SSSR count). The molecule has 1 aromatic heterocycles. The summed E-state index contributed by atoms with van der Waals surface area (Å²) in [5.41, 5.74) is -0.333. The second-order valence-electron chi connectivity index (χ2n) is 8.06. The average Bonchev–Trinajstić information content (AvgIpc) is 3.29. The van der Waals surface area contributed by atoms with Crippen LogP contribution in [0.15, 0.2) is 17.2 Å². The molecule has 1 aromatic rings. The zero-order valence-corrected chi connectivity index (χ0v) is 15.7. The van der Waals surface area contributed by atoms with Crippen molar-refractivity contribution in [2.45, 2.75) is 58.4 Å². The van der Waals surface area contributed by atoms with E-state index in [2.05, 4.69) is 10.6 Å². The molecule has 2 aliphatic carbocycles. The first-order valence-corrected chi connectivity index (χ1v) is 9.78. The van der Waals surface area contributed by atoms with Crippen LogP contribution in [-0.4, -0.2) is 29.5 Å². The van der Waals surface area contributed by atoms with Crippen LogP contribution in [0.25, 0.3) is 0 Å². The summed E-state index contributed by atoms with van der Waals surface area (Å²) in [6.45, 7) is 5.10. The van der Waals surface area contributed by atoms with Gasteiger partial charge in [0.15, 0.2) is 0 Å². The van der Waals surface area contributed by atoms with E-state index in [-0.39, 0.29) is 23.1 Å². The van der Waals surface area contributed by atoms with Crippen molar-refractivity contribution in [1.29, 1.82) is 0 Å². The highest BCUT2D eigenvalue weighted by Crippen LogP contribution is 2.29. The Morgan fingerprint density at radius 1 is 1.04 bits per heavy atom. The highest BCUT2D eigenvalue weighted by molar-refractivity contribution is 5.99. The van der Waals surface area contributed by atoms with E-state index in [1.807, 2.05) is 18.4 Å². The monoisotopic (exact) mass is 359 g/mol. The lowest BCUT2D eigenvalue weighted by molar-refractivity contribution is 0.0946. The van der Waals surface area contributed by atoms with Crippen LogP contribution in [0.3, 0.4) is 0 Å². The number of hydrogen-bond donors (Lipinski definition) is 2. The van der Waals surface area contributed by atoms with E-state index in [0.29, 0.717) is 24.9 Å². The first kappa shape index (κ1) is 18.7. The fourth-order valence-electron chi connectivity index (χ4n) is 3.38. The number of aromatic nitrogens is 1. The molecule has 0 radical (unpaired) electrons. The van der Waals surface area contributed by atoms with E-state index in [1.165, 1.54) is 0 Å². The highest BCUT2D eigenvalue weighted by Gasteiger charge is 2.25. The first-order chi connectivity index (χ1) is 12.5. The molecule has 6 nitrogen and oxygen atoms in total. The number of rotatable bonds is 7. The number of carbonyl (C=O) groups excluding carboxylic acids is 2. The van der Waals surface area contributed by atoms with Gasteiger partial charge in [-0.05, 0) is 37.5 Å². The summed E-state index contributed by atoms with van der Waals surface area (Å²) in [4.78, 5) is 37.9. The summed E-state index contributed by atoms with van der Waals surface area (Å²) in [7, 11) is 0. The molecule has 2 aliphatic rings. The molecule has 0 bridgehead atoms. The molecule has 2 saturated carbocycles. The summed E-state index contributed by atoms with van der Waals surface area (Å²) >= 11 is 0. The molecule has 26 heavy (non-hydrogen) atoms. The van der Waals surface area contributed by atoms with Gasteiger partial charge in [-0.1, -0.05) is 26.7 Å². The Morgan fingerprint density at radius 2 is 1.62 bits per heavy atom. The van der Waals surface area contributed by atoms with Crippen LogP contribution >= 0.6 is 0 Å². The Morgan fingerprint density at radius 3 is 2.15 bits per heavy atom. The molecule has 0 unspecified atom stereocenters. The van der Waals surface area contributed by atoms with Crippen molar-refractivity contribution in [2.24, 2.45) is 11.8 Å². The Hall–Kier alpha value is -2.11. The molecule has 0 atom stereocenters. The van der Waals surface area contributed by atoms with Gasteiger partial charge in [-0.3, -0.25) is 14.4 Å². The minimum Gasteiger partial charge on any atom is -0.352 e. The number of nitrogens with one attached hydrogen (secondary N) is 2. The van der Waals surface area contributed by atoms with Crippen molar-refractivity contribution >= 4 is 11.8 Å². The molecule has 0 aromatic carbocycles. The Balaban J connectivity index is 1.89. The molecular formula is C20H29N3O3. The molecule has 2 N–H and O–H groups in total. The van der Waals surface area contributed by atoms with E-state index in [1.54, 1.807) is 12.4 Å². The summed E-state index contributed by atoms with van der Waals surface area (Å²) < 4.78 is 1.91. The van der Waals surface area contributed by atoms with E-state index in [0.717, 1.165) is 38.5 Å². The van der Waals surface area contributed by atoms with Crippen LogP contribution in [0, 0.1) is 11.8 Å². The smallest absolute Gasteiger partial charge is 0.256 e. The predicted molar refractivity (Wildman–Crippen MR) is 100 cm³/mol. The predicted octanol–water partition coefficient (Wildman–Crippen LogP) is 2.49. The van der Waals surface area contributed by atoms with Crippen molar-refractivity contribution in [3.63, 3.8) is 0 Å². The van der Waals surface area contributed by atoms with Gasteiger partial charge in [-0.2, -0.15) is 0 Å². The van der Waals surface area contributed by atoms with Gasteiger partial charge in [0, 0.05) is 31.5 Å². The van der Waals surface area contributed by atoms with Gasteiger partial charge in [0.2, 0.25) is 5.43 Å². The van der Waals surface area contributed by atoms with Crippen LogP contribution in [0.5, 0.6) is 0 Å². The second kappa shape index (κ2) is 8.06. The van der Waals surface area contributed by atoms with Gasteiger partial charge in [-0.25, -0.2) is 0 Å². The van der Waals surface area contributed by atoms with Gasteiger partial charge in [0.05, 0.1) is 0 Å². The van der Waals surface area contributed by atoms with Crippen LogP contribution in [0.4, 0.5) is 0 Å². The first-order valence-electron chi connectivity index (χ1n) is 9.78. The van der Waals surface area contributed by atoms with Gasteiger partial charge in [-0.15, -0.1) is 0 Å². The molecular weight excluding hydrogens is 330 g/mol. The van der Waals surface area contributed by atoms with Crippen LogP contribution in [-0.2, 0) is 0 Å². The SMILES string of the molecule is CC(C)CNC(=O)c1cn(C2CCCC2)cc(C(=O)NCC2CC2)c1=O. The van der Waals surface area contributed by atoms with Crippen LogP contribution in [0.2, 0.25) is 0 Å². The van der Waals surface area contributed by atoms with Crippen molar-refractivity contribution in [3.05, 3.63) is 33.7 Å². The fraction of sp³-hybridized carbons (Fsp3) is 0.650. The second-order valence-corrected chi connectivity index (χ2v) is 8.06. The molecule has 0 saturated heterocycles. The quantitative estimate of drug-likeness (QED) is 0.785. The molecule has 0 aliphatic heterocycles. The van der Waals surface area contributed by atoms with E-state index in [9.17, 15) is 14.4 Å².